The zero-order valence-electron chi connectivity index (χ0n) is 9.45. The van der Waals surface area contributed by atoms with Gasteiger partial charge in [-0.15, -0.1) is 0 Å². The van der Waals surface area contributed by atoms with Crippen molar-refractivity contribution in [1.82, 2.24) is 0 Å². The molecule has 1 saturated carbocycles. The average molecular weight is 228 g/mol. The van der Waals surface area contributed by atoms with E-state index in [4.69, 9.17) is 0 Å². The highest BCUT2D eigenvalue weighted by molar-refractivity contribution is 5.82. The number of ketones is 1. The SMILES string of the molecule is CC=CCC1CC(=O)CC1CC(=O)OCF. The van der Waals surface area contributed by atoms with E-state index in [0.717, 1.165) is 6.42 Å². The summed E-state index contributed by atoms with van der Waals surface area (Å²) in [4.78, 5) is 22.4. The van der Waals surface area contributed by atoms with Crippen molar-refractivity contribution < 1.29 is 18.7 Å². The minimum absolute atomic E-state index is 0.0164. The molecule has 0 heterocycles. The predicted octanol–water partition coefficient (Wildman–Crippen LogP) is 2.41. The third-order valence-electron chi connectivity index (χ3n) is 2.97. The second-order valence-corrected chi connectivity index (χ2v) is 4.10. The Morgan fingerprint density at radius 1 is 1.50 bits per heavy atom. The molecule has 1 fully saturated rings. The lowest BCUT2D eigenvalue weighted by molar-refractivity contribution is -0.149. The monoisotopic (exact) mass is 228 g/mol. The van der Waals surface area contributed by atoms with Crippen LogP contribution >= 0.6 is 0 Å². The van der Waals surface area contributed by atoms with E-state index in [0.29, 0.717) is 12.8 Å². The maximum atomic E-state index is 11.8. The summed E-state index contributed by atoms with van der Waals surface area (Å²) in [7, 11) is 0. The van der Waals surface area contributed by atoms with Crippen LogP contribution < -0.4 is 0 Å². The van der Waals surface area contributed by atoms with Crippen molar-refractivity contribution in [2.24, 2.45) is 11.8 Å². The summed E-state index contributed by atoms with van der Waals surface area (Å²) < 4.78 is 16.0. The molecule has 1 rings (SSSR count). The molecule has 0 amide bonds. The van der Waals surface area contributed by atoms with Gasteiger partial charge in [0.15, 0.2) is 0 Å². The molecular formula is C12H17FO3. The van der Waals surface area contributed by atoms with Crippen molar-refractivity contribution in [2.75, 3.05) is 6.86 Å². The molecule has 16 heavy (non-hydrogen) atoms. The Bertz CT molecular complexity index is 286. The number of carbonyl (C=O) groups is 2. The number of ether oxygens (including phenoxy) is 1. The Kier molecular flexibility index (Phi) is 5.15. The van der Waals surface area contributed by atoms with Gasteiger partial charge in [0.25, 0.3) is 0 Å². The fourth-order valence-electron chi connectivity index (χ4n) is 2.16. The van der Waals surface area contributed by atoms with E-state index in [-0.39, 0.29) is 24.0 Å². The second kappa shape index (κ2) is 6.40. The molecular weight excluding hydrogens is 211 g/mol. The van der Waals surface area contributed by atoms with Crippen LogP contribution in [-0.4, -0.2) is 18.6 Å². The Morgan fingerprint density at radius 2 is 2.19 bits per heavy atom. The van der Waals surface area contributed by atoms with Crippen LogP contribution in [0, 0.1) is 11.8 Å². The van der Waals surface area contributed by atoms with Crippen LogP contribution in [0.5, 0.6) is 0 Å². The van der Waals surface area contributed by atoms with E-state index >= 15 is 0 Å². The first-order valence-electron chi connectivity index (χ1n) is 5.51. The highest BCUT2D eigenvalue weighted by atomic mass is 19.1. The van der Waals surface area contributed by atoms with Crippen LogP contribution in [0.25, 0.3) is 0 Å². The van der Waals surface area contributed by atoms with E-state index in [1.54, 1.807) is 0 Å². The fourth-order valence-corrected chi connectivity index (χ4v) is 2.16. The molecule has 1 aliphatic carbocycles. The number of hydrogen-bond donors (Lipinski definition) is 0. The first kappa shape index (κ1) is 12.9. The van der Waals surface area contributed by atoms with Gasteiger partial charge in [-0.1, -0.05) is 12.2 Å². The van der Waals surface area contributed by atoms with Crippen molar-refractivity contribution in [1.29, 1.82) is 0 Å². The second-order valence-electron chi connectivity index (χ2n) is 4.10. The van der Waals surface area contributed by atoms with Crippen molar-refractivity contribution in [3.8, 4) is 0 Å². The van der Waals surface area contributed by atoms with Crippen molar-refractivity contribution in [3.05, 3.63) is 12.2 Å². The van der Waals surface area contributed by atoms with Gasteiger partial charge in [-0.2, -0.15) is 0 Å². The molecule has 0 spiro atoms. The van der Waals surface area contributed by atoms with Crippen molar-refractivity contribution in [3.63, 3.8) is 0 Å². The van der Waals surface area contributed by atoms with Gasteiger partial charge in [0.05, 0.1) is 0 Å². The summed E-state index contributed by atoms with van der Waals surface area (Å²) in [6.45, 7) is 0.835. The normalized spacial score (nSPS) is 25.2. The largest absolute Gasteiger partial charge is 0.434 e. The molecule has 90 valence electrons. The van der Waals surface area contributed by atoms with Crippen LogP contribution in [0.1, 0.15) is 32.6 Å². The summed E-state index contributed by atoms with van der Waals surface area (Å²) in [5.41, 5.74) is 0. The predicted molar refractivity (Wildman–Crippen MR) is 57.3 cm³/mol. The van der Waals surface area contributed by atoms with Gasteiger partial charge in [-0.05, 0) is 25.2 Å². The molecule has 0 aromatic carbocycles. The van der Waals surface area contributed by atoms with Gasteiger partial charge in [-0.25, -0.2) is 4.39 Å². The molecule has 0 aliphatic heterocycles. The summed E-state index contributed by atoms with van der Waals surface area (Å²) in [5.74, 6) is -0.140. The molecule has 3 nitrogen and oxygen atoms in total. The van der Waals surface area contributed by atoms with Gasteiger partial charge in [0, 0.05) is 19.3 Å². The fraction of sp³-hybridized carbons (Fsp3) is 0.667. The van der Waals surface area contributed by atoms with Crippen LogP contribution in [0.15, 0.2) is 12.2 Å². The smallest absolute Gasteiger partial charge is 0.308 e. The summed E-state index contributed by atoms with van der Waals surface area (Å²) in [6.07, 6.45) is 5.83. The van der Waals surface area contributed by atoms with Gasteiger partial charge in [0.2, 0.25) is 6.86 Å². The van der Waals surface area contributed by atoms with E-state index in [1.165, 1.54) is 0 Å². The maximum Gasteiger partial charge on any atom is 0.308 e. The quantitative estimate of drug-likeness (QED) is 0.536. The van der Waals surface area contributed by atoms with Crippen LogP contribution in [0.3, 0.4) is 0 Å². The molecule has 0 N–H and O–H groups in total. The minimum atomic E-state index is -1.08. The van der Waals surface area contributed by atoms with Crippen molar-refractivity contribution in [2.45, 2.75) is 32.6 Å². The maximum absolute atomic E-state index is 11.8. The zero-order valence-corrected chi connectivity index (χ0v) is 9.45. The lowest BCUT2D eigenvalue weighted by Gasteiger charge is -2.15. The molecule has 0 radical (unpaired) electrons. The minimum Gasteiger partial charge on any atom is -0.434 e. The van der Waals surface area contributed by atoms with Gasteiger partial charge in [0.1, 0.15) is 5.78 Å². The van der Waals surface area contributed by atoms with Gasteiger partial charge in [-0.3, -0.25) is 9.59 Å². The lowest BCUT2D eigenvalue weighted by atomic mass is 9.90. The number of esters is 1. The number of Topliss-reactive ketones (excluding diaryl/α,β-unsaturated/α-hetero) is 1. The Balaban J connectivity index is 2.48. The average Bonchev–Trinajstić information content (AvgIpc) is 2.56. The Hall–Kier alpha value is -1.19. The van der Waals surface area contributed by atoms with Crippen LogP contribution in [-0.2, 0) is 14.3 Å². The van der Waals surface area contributed by atoms with E-state index in [2.05, 4.69) is 4.74 Å². The number of hydrogen-bond acceptors (Lipinski definition) is 3. The number of alkyl halides is 1. The highest BCUT2D eigenvalue weighted by Crippen LogP contribution is 2.34. The Morgan fingerprint density at radius 3 is 2.81 bits per heavy atom. The lowest BCUT2D eigenvalue weighted by Crippen LogP contribution is -2.14. The topological polar surface area (TPSA) is 43.4 Å². The standard InChI is InChI=1S/C12H17FO3/c1-2-3-4-9-5-11(14)6-10(9)7-12(15)16-8-13/h2-3,9-10H,4-8H2,1H3. The molecule has 1 aliphatic rings. The van der Waals surface area contributed by atoms with E-state index < -0.39 is 12.8 Å². The van der Waals surface area contributed by atoms with E-state index in [9.17, 15) is 14.0 Å². The van der Waals surface area contributed by atoms with Gasteiger partial charge >= 0.3 is 5.97 Å². The summed E-state index contributed by atoms with van der Waals surface area (Å²) >= 11 is 0. The number of allylic oxidation sites excluding steroid dienone is 2. The number of rotatable bonds is 5. The Labute approximate surface area is 94.7 Å². The first-order valence-corrected chi connectivity index (χ1v) is 5.51. The first-order chi connectivity index (χ1) is 7.67. The molecule has 4 heteroatoms. The third kappa shape index (κ3) is 3.76. The highest BCUT2D eigenvalue weighted by Gasteiger charge is 2.33. The molecule has 2 atom stereocenters. The third-order valence-corrected chi connectivity index (χ3v) is 2.97. The summed E-state index contributed by atoms with van der Waals surface area (Å²) in [6, 6.07) is 0. The number of halogens is 1. The van der Waals surface area contributed by atoms with Crippen LogP contribution in [0.2, 0.25) is 0 Å². The summed E-state index contributed by atoms with van der Waals surface area (Å²) in [5, 5.41) is 0. The molecule has 0 bridgehead atoms. The van der Waals surface area contributed by atoms with Crippen LogP contribution in [0.4, 0.5) is 4.39 Å². The number of carbonyl (C=O) groups excluding carboxylic acids is 2. The van der Waals surface area contributed by atoms with Gasteiger partial charge < -0.3 is 4.74 Å². The molecule has 0 saturated heterocycles. The molecule has 2 unspecified atom stereocenters. The molecule has 0 aromatic heterocycles. The van der Waals surface area contributed by atoms with Crippen molar-refractivity contribution >= 4 is 11.8 Å². The molecule has 0 aromatic rings. The zero-order chi connectivity index (χ0) is 12.0. The van der Waals surface area contributed by atoms with E-state index in [1.807, 2.05) is 19.1 Å².